The Bertz CT molecular complexity index is 897. The number of carbonyl (C=O) groups is 1. The number of hydrogen-bond donors (Lipinski definition) is 0. The average molecular weight is 464 g/mol. The van der Waals surface area contributed by atoms with E-state index in [1.165, 1.54) is 11.8 Å². The summed E-state index contributed by atoms with van der Waals surface area (Å²) in [6.45, 7) is 0.526. The Morgan fingerprint density at radius 2 is 1.81 bits per heavy atom. The van der Waals surface area contributed by atoms with Crippen molar-refractivity contribution in [3.8, 4) is 11.5 Å². The van der Waals surface area contributed by atoms with E-state index in [1.54, 1.807) is 19.1 Å². The maximum Gasteiger partial charge on any atom is 0.266 e. The van der Waals surface area contributed by atoms with Gasteiger partial charge in [-0.15, -0.1) is 0 Å². The number of carbonyl (C=O) groups excluding carboxylic acids is 1. The van der Waals surface area contributed by atoms with Gasteiger partial charge in [0.25, 0.3) is 5.91 Å². The Balaban J connectivity index is 1.70. The minimum Gasteiger partial charge on any atom is -0.493 e. The van der Waals surface area contributed by atoms with Crippen molar-refractivity contribution in [1.29, 1.82) is 0 Å². The molecule has 0 saturated carbocycles. The van der Waals surface area contributed by atoms with Crippen LogP contribution in [0.1, 0.15) is 11.1 Å². The molecule has 1 fully saturated rings. The van der Waals surface area contributed by atoms with E-state index in [0.29, 0.717) is 33.7 Å². The van der Waals surface area contributed by atoms with Crippen molar-refractivity contribution in [2.45, 2.75) is 6.42 Å². The first-order chi connectivity index (χ1) is 13.0. The van der Waals surface area contributed by atoms with E-state index in [-0.39, 0.29) is 5.91 Å². The second kappa shape index (κ2) is 8.91. The molecule has 0 radical (unpaired) electrons. The quantitative estimate of drug-likeness (QED) is 0.449. The molecular formula is C20H18BrNO3S2. The van der Waals surface area contributed by atoms with E-state index in [0.717, 1.165) is 15.6 Å². The molecule has 1 aliphatic heterocycles. The van der Waals surface area contributed by atoms with Gasteiger partial charge in [0.05, 0.1) is 19.1 Å². The van der Waals surface area contributed by atoms with Gasteiger partial charge in [-0.05, 0) is 47.9 Å². The maximum absolute atomic E-state index is 12.7. The number of halogens is 1. The van der Waals surface area contributed by atoms with Gasteiger partial charge in [-0.25, -0.2) is 0 Å². The second-order valence-corrected chi connectivity index (χ2v) is 8.42. The number of methoxy groups -OCH3 is 2. The minimum atomic E-state index is -0.0478. The monoisotopic (exact) mass is 463 g/mol. The smallest absolute Gasteiger partial charge is 0.266 e. The third-order valence-corrected chi connectivity index (χ3v) is 6.02. The predicted octanol–water partition coefficient (Wildman–Crippen LogP) is 4.91. The molecule has 0 atom stereocenters. The van der Waals surface area contributed by atoms with E-state index in [9.17, 15) is 4.79 Å². The van der Waals surface area contributed by atoms with Gasteiger partial charge >= 0.3 is 0 Å². The molecule has 0 aromatic heterocycles. The number of ether oxygens (including phenoxy) is 2. The first-order valence-electron chi connectivity index (χ1n) is 8.23. The van der Waals surface area contributed by atoms with Crippen LogP contribution in [0.15, 0.2) is 51.8 Å². The van der Waals surface area contributed by atoms with Gasteiger partial charge in [-0.2, -0.15) is 0 Å². The molecule has 7 heteroatoms. The van der Waals surface area contributed by atoms with Crippen LogP contribution >= 0.6 is 39.9 Å². The fraction of sp³-hybridized carbons (Fsp3) is 0.200. The number of benzene rings is 2. The Morgan fingerprint density at radius 1 is 1.11 bits per heavy atom. The summed E-state index contributed by atoms with van der Waals surface area (Å²) in [4.78, 5) is 15.0. The molecule has 1 amide bonds. The molecule has 140 valence electrons. The van der Waals surface area contributed by atoms with Gasteiger partial charge in [-0.3, -0.25) is 9.69 Å². The largest absolute Gasteiger partial charge is 0.493 e. The SMILES string of the molecule is COc1ccc(CCN2C(=O)C(=Cc3ccc(Br)cc3)SC2=S)cc1OC. The van der Waals surface area contributed by atoms with Gasteiger partial charge in [0.15, 0.2) is 11.5 Å². The van der Waals surface area contributed by atoms with Crippen molar-refractivity contribution in [3.05, 3.63) is 63.0 Å². The summed E-state index contributed by atoms with van der Waals surface area (Å²) in [6, 6.07) is 13.6. The molecule has 1 aliphatic rings. The number of thiocarbonyl (C=S) groups is 1. The van der Waals surface area contributed by atoms with Crippen molar-refractivity contribution in [3.63, 3.8) is 0 Å². The zero-order chi connectivity index (χ0) is 19.4. The van der Waals surface area contributed by atoms with Crippen LogP contribution in [0, 0.1) is 0 Å². The summed E-state index contributed by atoms with van der Waals surface area (Å²) in [7, 11) is 3.21. The first-order valence-corrected chi connectivity index (χ1v) is 10.3. The van der Waals surface area contributed by atoms with Gasteiger partial charge in [0.1, 0.15) is 4.32 Å². The molecule has 1 saturated heterocycles. The van der Waals surface area contributed by atoms with Crippen LogP contribution in [0.5, 0.6) is 11.5 Å². The van der Waals surface area contributed by atoms with E-state index in [4.69, 9.17) is 21.7 Å². The third-order valence-electron chi connectivity index (χ3n) is 4.11. The van der Waals surface area contributed by atoms with Gasteiger partial charge in [-0.1, -0.05) is 58.1 Å². The lowest BCUT2D eigenvalue weighted by Crippen LogP contribution is -2.30. The zero-order valence-corrected chi connectivity index (χ0v) is 18.1. The van der Waals surface area contributed by atoms with Crippen molar-refractivity contribution in [1.82, 2.24) is 4.90 Å². The molecule has 0 unspecified atom stereocenters. The van der Waals surface area contributed by atoms with Gasteiger partial charge in [0, 0.05) is 11.0 Å². The fourth-order valence-corrected chi connectivity index (χ4v) is 4.25. The number of thioether (sulfide) groups is 1. The number of nitrogens with zero attached hydrogens (tertiary/aromatic N) is 1. The van der Waals surface area contributed by atoms with E-state index in [1.807, 2.05) is 48.5 Å². The first kappa shape index (κ1) is 19.9. The molecule has 1 heterocycles. The van der Waals surface area contributed by atoms with Gasteiger partial charge in [0.2, 0.25) is 0 Å². The molecule has 2 aromatic carbocycles. The lowest BCUT2D eigenvalue weighted by atomic mass is 10.1. The molecule has 0 spiro atoms. The Hall–Kier alpha value is -1.83. The topological polar surface area (TPSA) is 38.8 Å². The van der Waals surface area contributed by atoms with Crippen LogP contribution in [0.25, 0.3) is 6.08 Å². The maximum atomic E-state index is 12.7. The van der Waals surface area contributed by atoms with Crippen molar-refractivity contribution >= 4 is 56.2 Å². The molecule has 27 heavy (non-hydrogen) atoms. The van der Waals surface area contributed by atoms with Crippen LogP contribution in [0.4, 0.5) is 0 Å². The van der Waals surface area contributed by atoms with Crippen LogP contribution in [-0.4, -0.2) is 35.9 Å². The molecule has 2 aromatic rings. The lowest BCUT2D eigenvalue weighted by Gasteiger charge is -2.15. The minimum absolute atomic E-state index is 0.0478. The third kappa shape index (κ3) is 4.72. The number of amides is 1. The summed E-state index contributed by atoms with van der Waals surface area (Å²) >= 11 is 10.2. The highest BCUT2D eigenvalue weighted by molar-refractivity contribution is 9.10. The second-order valence-electron chi connectivity index (χ2n) is 5.82. The highest BCUT2D eigenvalue weighted by Crippen LogP contribution is 2.33. The van der Waals surface area contributed by atoms with E-state index in [2.05, 4.69) is 15.9 Å². The summed E-state index contributed by atoms with van der Waals surface area (Å²) in [5, 5.41) is 0. The van der Waals surface area contributed by atoms with Gasteiger partial charge < -0.3 is 9.47 Å². The van der Waals surface area contributed by atoms with E-state index >= 15 is 0 Å². The summed E-state index contributed by atoms with van der Waals surface area (Å²) in [5.41, 5.74) is 2.03. The summed E-state index contributed by atoms with van der Waals surface area (Å²) < 4.78 is 12.2. The molecule has 0 bridgehead atoms. The van der Waals surface area contributed by atoms with Crippen molar-refractivity contribution < 1.29 is 14.3 Å². The Morgan fingerprint density at radius 3 is 2.48 bits per heavy atom. The normalized spacial score (nSPS) is 15.5. The highest BCUT2D eigenvalue weighted by atomic mass is 79.9. The average Bonchev–Trinajstić information content (AvgIpc) is 2.94. The molecule has 3 rings (SSSR count). The van der Waals surface area contributed by atoms with Crippen LogP contribution in [0.3, 0.4) is 0 Å². The van der Waals surface area contributed by atoms with Crippen LogP contribution < -0.4 is 9.47 Å². The Kier molecular flexibility index (Phi) is 6.57. The van der Waals surface area contributed by atoms with E-state index < -0.39 is 0 Å². The van der Waals surface area contributed by atoms with Crippen LogP contribution in [-0.2, 0) is 11.2 Å². The summed E-state index contributed by atoms with van der Waals surface area (Å²) in [6.07, 6.45) is 2.56. The fourth-order valence-electron chi connectivity index (χ4n) is 2.68. The van der Waals surface area contributed by atoms with Crippen molar-refractivity contribution in [2.75, 3.05) is 20.8 Å². The molecular weight excluding hydrogens is 446 g/mol. The zero-order valence-electron chi connectivity index (χ0n) is 14.9. The molecule has 0 aliphatic carbocycles. The number of hydrogen-bond acceptors (Lipinski definition) is 5. The lowest BCUT2D eigenvalue weighted by molar-refractivity contribution is -0.122. The molecule has 0 N–H and O–H groups in total. The van der Waals surface area contributed by atoms with Crippen molar-refractivity contribution in [2.24, 2.45) is 0 Å². The molecule has 4 nitrogen and oxygen atoms in total. The standard InChI is InChI=1S/C20H18BrNO3S2/c1-24-16-8-5-14(11-17(16)25-2)9-10-22-19(23)18(27-20(22)26)12-13-3-6-15(21)7-4-13/h3-8,11-12H,9-10H2,1-2H3. The predicted molar refractivity (Wildman–Crippen MR) is 117 cm³/mol. The highest BCUT2D eigenvalue weighted by Gasteiger charge is 2.31. The number of rotatable bonds is 6. The van der Waals surface area contributed by atoms with Crippen LogP contribution in [0.2, 0.25) is 0 Å². The summed E-state index contributed by atoms with van der Waals surface area (Å²) in [5.74, 6) is 1.31. The Labute approximate surface area is 176 Å².